The molecule has 1 atom stereocenters. The van der Waals surface area contributed by atoms with Crippen molar-refractivity contribution in [3.8, 4) is 0 Å². The molecular formula is C36H54N10O7. The second kappa shape index (κ2) is 25.5. The Kier molecular flexibility index (Phi) is 21.1. The average molecular weight is 739 g/mol. The van der Waals surface area contributed by atoms with Crippen molar-refractivity contribution in [3.63, 3.8) is 0 Å². The number of carbonyl (C=O) groups is 7. The highest BCUT2D eigenvalue weighted by molar-refractivity contribution is 5.98. The summed E-state index contributed by atoms with van der Waals surface area (Å²) in [5.41, 5.74) is 17.9. The van der Waals surface area contributed by atoms with Crippen LogP contribution in [0.15, 0.2) is 48.5 Å². The quantitative estimate of drug-likeness (QED) is 0.0534. The van der Waals surface area contributed by atoms with E-state index >= 15 is 0 Å². The predicted molar refractivity (Wildman–Crippen MR) is 200 cm³/mol. The van der Waals surface area contributed by atoms with Gasteiger partial charge in [0.05, 0.1) is 6.54 Å². The highest BCUT2D eigenvalue weighted by Gasteiger charge is 2.20. The van der Waals surface area contributed by atoms with Gasteiger partial charge in [-0.2, -0.15) is 0 Å². The van der Waals surface area contributed by atoms with Crippen molar-refractivity contribution >= 4 is 41.4 Å². The third kappa shape index (κ3) is 17.6. The van der Waals surface area contributed by atoms with E-state index in [1.165, 1.54) is 0 Å². The summed E-state index contributed by atoms with van der Waals surface area (Å²) in [4.78, 5) is 86.2. The largest absolute Gasteiger partial charge is 0.356 e. The monoisotopic (exact) mass is 738 g/mol. The van der Waals surface area contributed by atoms with Crippen LogP contribution in [0.1, 0.15) is 86.4 Å². The lowest BCUT2D eigenvalue weighted by atomic mass is 10.1. The molecule has 0 aromatic heterocycles. The molecule has 2 aromatic rings. The van der Waals surface area contributed by atoms with Crippen LogP contribution in [0.3, 0.4) is 0 Å². The molecule has 0 aliphatic rings. The van der Waals surface area contributed by atoms with Gasteiger partial charge >= 0.3 is 0 Å². The average Bonchev–Trinajstić information content (AvgIpc) is 3.17. The Bertz CT molecular complexity index is 1490. The zero-order valence-corrected chi connectivity index (χ0v) is 30.1. The fourth-order valence-corrected chi connectivity index (χ4v) is 4.78. The van der Waals surface area contributed by atoms with Gasteiger partial charge in [-0.1, -0.05) is 0 Å². The van der Waals surface area contributed by atoms with Gasteiger partial charge in [0.1, 0.15) is 6.04 Å². The van der Waals surface area contributed by atoms with Crippen molar-refractivity contribution in [2.24, 2.45) is 17.2 Å². The number of rotatable bonds is 25. The topological polar surface area (TPSA) is 282 Å². The molecule has 2 aromatic carbocycles. The molecule has 0 aliphatic heterocycles. The van der Waals surface area contributed by atoms with Crippen LogP contribution in [0, 0.1) is 0 Å². The summed E-state index contributed by atoms with van der Waals surface area (Å²) in [6.07, 6.45) is 2.88. The smallest absolute Gasteiger partial charge is 0.251 e. The van der Waals surface area contributed by atoms with Gasteiger partial charge in [-0.25, -0.2) is 0 Å². The Morgan fingerprint density at radius 3 is 1.19 bits per heavy atom. The fraction of sp³-hybridized carbons (Fsp3) is 0.472. The molecule has 0 spiro atoms. The Morgan fingerprint density at radius 1 is 0.453 bits per heavy atom. The Morgan fingerprint density at radius 2 is 0.811 bits per heavy atom. The minimum absolute atomic E-state index is 0.118. The molecule has 7 amide bonds. The van der Waals surface area contributed by atoms with Gasteiger partial charge in [0.15, 0.2) is 0 Å². The summed E-state index contributed by atoms with van der Waals surface area (Å²) < 4.78 is 0. The third-order valence-electron chi connectivity index (χ3n) is 7.78. The number of hydrogen-bond donors (Lipinski definition) is 10. The van der Waals surface area contributed by atoms with Crippen LogP contribution in [0.4, 0.5) is 0 Å². The third-order valence-corrected chi connectivity index (χ3v) is 7.78. The number of hydrogen-bond acceptors (Lipinski definition) is 10. The highest BCUT2D eigenvalue weighted by Crippen LogP contribution is 2.07. The zero-order chi connectivity index (χ0) is 38.8. The highest BCUT2D eigenvalue weighted by atomic mass is 16.2. The summed E-state index contributed by atoms with van der Waals surface area (Å²) in [6.45, 7) is 2.74. The standard InChI is InChI=1S/C36H54N10O7/c37-16-2-18-41-32(49)25-8-12-27(13-9-25)34(51)43-21-4-20-40-30(47)7-1-6-29(46-31(48)24-39)36(53)45-23-5-22-44-35(52)28-14-10-26(11-15-28)33(50)42-19-3-17-38/h8-15,29H,1-7,16-24,37-39H2,(H,40,47)(H,41,49)(H,42,50)(H,43,51)(H,44,52)(H,45,53)(H,46,48). The van der Waals surface area contributed by atoms with Gasteiger partial charge in [-0.3, -0.25) is 33.6 Å². The number of carbonyl (C=O) groups excluding carboxylic acids is 7. The summed E-state index contributed by atoms with van der Waals surface area (Å²) in [5, 5.41) is 19.1. The van der Waals surface area contributed by atoms with E-state index in [-0.39, 0.29) is 62.0 Å². The first-order valence-electron chi connectivity index (χ1n) is 17.9. The van der Waals surface area contributed by atoms with Crippen LogP contribution in [0.25, 0.3) is 0 Å². The second-order valence-electron chi connectivity index (χ2n) is 12.0. The summed E-state index contributed by atoms with van der Waals surface area (Å²) >= 11 is 0. The maximum absolute atomic E-state index is 12.8. The molecule has 17 heteroatoms. The first kappa shape index (κ1) is 43.8. The molecule has 53 heavy (non-hydrogen) atoms. The molecular weight excluding hydrogens is 684 g/mol. The molecule has 290 valence electrons. The first-order chi connectivity index (χ1) is 25.6. The molecule has 0 aliphatic carbocycles. The van der Waals surface area contributed by atoms with E-state index in [9.17, 15) is 33.6 Å². The number of nitrogens with two attached hydrogens (primary N) is 3. The molecule has 2 rings (SSSR count). The van der Waals surface area contributed by atoms with Gasteiger partial charge < -0.3 is 54.4 Å². The molecule has 0 saturated heterocycles. The Labute approximate surface area is 309 Å². The van der Waals surface area contributed by atoms with Crippen molar-refractivity contribution < 1.29 is 33.6 Å². The van der Waals surface area contributed by atoms with E-state index in [1.807, 2.05) is 0 Å². The number of benzene rings is 2. The van der Waals surface area contributed by atoms with E-state index in [1.54, 1.807) is 48.5 Å². The minimum Gasteiger partial charge on any atom is -0.356 e. The lowest BCUT2D eigenvalue weighted by Gasteiger charge is -2.18. The second-order valence-corrected chi connectivity index (χ2v) is 12.0. The van der Waals surface area contributed by atoms with Gasteiger partial charge in [-0.15, -0.1) is 0 Å². The summed E-state index contributed by atoms with van der Waals surface area (Å²) in [7, 11) is 0. The zero-order valence-electron chi connectivity index (χ0n) is 30.1. The fourth-order valence-electron chi connectivity index (χ4n) is 4.78. The van der Waals surface area contributed by atoms with Crippen LogP contribution in [0.5, 0.6) is 0 Å². The van der Waals surface area contributed by atoms with Crippen LogP contribution in [-0.2, 0) is 14.4 Å². The Hall–Kier alpha value is -5.39. The molecule has 0 heterocycles. The van der Waals surface area contributed by atoms with E-state index in [0.29, 0.717) is 93.6 Å². The van der Waals surface area contributed by atoms with Crippen LogP contribution >= 0.6 is 0 Å². The lowest BCUT2D eigenvalue weighted by molar-refractivity contribution is -0.128. The summed E-state index contributed by atoms with van der Waals surface area (Å²) in [5.74, 6) is -2.30. The molecule has 17 nitrogen and oxygen atoms in total. The normalized spacial score (nSPS) is 11.1. The SMILES string of the molecule is NCCCNC(=O)c1ccc(C(=O)NCCCNC(=O)CCCC(NC(=O)CN)C(=O)NCCCNC(=O)c2ccc(C(=O)NCCCN)cc2)cc1. The maximum atomic E-state index is 12.8. The van der Waals surface area contributed by atoms with Crippen LogP contribution < -0.4 is 54.4 Å². The lowest BCUT2D eigenvalue weighted by Crippen LogP contribution is -2.48. The van der Waals surface area contributed by atoms with Gasteiger partial charge in [0, 0.05) is 67.9 Å². The van der Waals surface area contributed by atoms with Crippen molar-refractivity contribution in [1.29, 1.82) is 0 Å². The Balaban J connectivity index is 1.64. The number of amides is 7. The van der Waals surface area contributed by atoms with Crippen molar-refractivity contribution in [2.45, 2.75) is 51.0 Å². The number of nitrogens with one attached hydrogen (secondary N) is 7. The first-order valence-corrected chi connectivity index (χ1v) is 17.9. The molecule has 1 unspecified atom stereocenters. The van der Waals surface area contributed by atoms with Crippen molar-refractivity contribution in [2.75, 3.05) is 58.9 Å². The van der Waals surface area contributed by atoms with E-state index in [2.05, 4.69) is 37.2 Å². The van der Waals surface area contributed by atoms with Crippen LogP contribution in [0.2, 0.25) is 0 Å². The van der Waals surface area contributed by atoms with E-state index < -0.39 is 17.9 Å². The van der Waals surface area contributed by atoms with E-state index in [4.69, 9.17) is 17.2 Å². The molecule has 0 radical (unpaired) electrons. The molecule has 0 saturated carbocycles. The maximum Gasteiger partial charge on any atom is 0.251 e. The predicted octanol–water partition coefficient (Wildman–Crippen LogP) is -1.37. The van der Waals surface area contributed by atoms with Crippen LogP contribution in [-0.4, -0.2) is 106 Å². The minimum atomic E-state index is -0.894. The molecule has 0 fully saturated rings. The summed E-state index contributed by atoms with van der Waals surface area (Å²) in [6, 6.07) is 11.6. The van der Waals surface area contributed by atoms with Gasteiger partial charge in [0.25, 0.3) is 23.6 Å². The van der Waals surface area contributed by atoms with Crippen molar-refractivity contribution in [3.05, 3.63) is 70.8 Å². The van der Waals surface area contributed by atoms with Crippen molar-refractivity contribution in [1.82, 2.24) is 37.2 Å². The molecule has 0 bridgehead atoms. The molecule has 13 N–H and O–H groups in total. The van der Waals surface area contributed by atoms with E-state index in [0.717, 1.165) is 0 Å². The van der Waals surface area contributed by atoms with Gasteiger partial charge in [-0.05, 0) is 100 Å². The van der Waals surface area contributed by atoms with Gasteiger partial charge in [0.2, 0.25) is 17.7 Å².